The summed E-state index contributed by atoms with van der Waals surface area (Å²) in [5.74, 6) is 0.132. The van der Waals surface area contributed by atoms with Gasteiger partial charge in [0, 0.05) is 16.2 Å². The quantitative estimate of drug-likeness (QED) is 0.467. The lowest BCUT2D eigenvalue weighted by Crippen LogP contribution is -2.31. The van der Waals surface area contributed by atoms with Crippen LogP contribution in [0.5, 0.6) is 11.5 Å². The molecule has 0 bridgehead atoms. The summed E-state index contributed by atoms with van der Waals surface area (Å²) in [7, 11) is -0.847. The van der Waals surface area contributed by atoms with Gasteiger partial charge >= 0.3 is 0 Å². The summed E-state index contributed by atoms with van der Waals surface area (Å²) in [4.78, 5) is 13.3. The van der Waals surface area contributed by atoms with E-state index in [2.05, 4.69) is 21.2 Å². The molecule has 0 radical (unpaired) electrons. The molecule has 3 rings (SSSR count). The van der Waals surface area contributed by atoms with Gasteiger partial charge < -0.3 is 14.8 Å². The maximum Gasteiger partial charge on any atom is 0.257 e. The Hall–Kier alpha value is -3.04. The van der Waals surface area contributed by atoms with Crippen molar-refractivity contribution in [3.8, 4) is 11.5 Å². The van der Waals surface area contributed by atoms with Crippen LogP contribution < -0.4 is 19.1 Å². The van der Waals surface area contributed by atoms with Gasteiger partial charge in [-0.2, -0.15) is 0 Å². The van der Waals surface area contributed by atoms with Crippen LogP contribution in [0.15, 0.2) is 71.2 Å². The smallest absolute Gasteiger partial charge is 0.257 e. The fourth-order valence-electron chi connectivity index (χ4n) is 3.15. The number of nitrogens with one attached hydrogen (secondary N) is 1. The van der Waals surface area contributed by atoms with Crippen molar-refractivity contribution >= 4 is 43.2 Å². The number of carbonyl (C=O) groups is 1. The summed E-state index contributed by atoms with van der Waals surface area (Å²) < 4.78 is 38.3. The van der Waals surface area contributed by atoms with Crippen molar-refractivity contribution in [3.05, 3.63) is 82.3 Å². The molecule has 3 aromatic rings. The van der Waals surface area contributed by atoms with Crippen molar-refractivity contribution in [1.29, 1.82) is 0 Å². The lowest BCUT2D eigenvalue weighted by molar-refractivity contribution is 0.102. The highest BCUT2D eigenvalue weighted by molar-refractivity contribution is 9.10. The molecule has 0 aliphatic carbocycles. The first kappa shape index (κ1) is 23.6. The van der Waals surface area contributed by atoms with E-state index in [1.807, 2.05) is 36.4 Å². The predicted molar refractivity (Wildman–Crippen MR) is 129 cm³/mol. The van der Waals surface area contributed by atoms with Gasteiger partial charge in [-0.1, -0.05) is 52.3 Å². The Kier molecular flexibility index (Phi) is 7.42. The summed E-state index contributed by atoms with van der Waals surface area (Å²) in [6, 6.07) is 19.2. The molecule has 168 valence electrons. The Balaban J connectivity index is 2.13. The first-order valence-electron chi connectivity index (χ1n) is 9.57. The van der Waals surface area contributed by atoms with Crippen LogP contribution in [0.25, 0.3) is 0 Å². The summed E-state index contributed by atoms with van der Waals surface area (Å²) in [6.45, 7) is 0.0479. The Morgan fingerprint density at radius 1 is 0.969 bits per heavy atom. The molecule has 0 saturated carbocycles. The van der Waals surface area contributed by atoms with Crippen LogP contribution in [0.2, 0.25) is 0 Å². The molecular formula is C23H23BrN2O5S. The molecule has 32 heavy (non-hydrogen) atoms. The van der Waals surface area contributed by atoms with E-state index in [0.29, 0.717) is 17.2 Å². The molecule has 9 heteroatoms. The first-order chi connectivity index (χ1) is 15.2. The van der Waals surface area contributed by atoms with E-state index in [0.717, 1.165) is 16.3 Å². The predicted octanol–water partition coefficient (Wildman–Crippen LogP) is 4.68. The van der Waals surface area contributed by atoms with Gasteiger partial charge in [-0.3, -0.25) is 9.10 Å². The van der Waals surface area contributed by atoms with Crippen LogP contribution in [0.3, 0.4) is 0 Å². The highest BCUT2D eigenvalue weighted by atomic mass is 79.9. The molecule has 1 N–H and O–H groups in total. The highest BCUT2D eigenvalue weighted by Gasteiger charge is 2.26. The van der Waals surface area contributed by atoms with Gasteiger partial charge in [0.15, 0.2) is 11.5 Å². The number of amides is 1. The number of methoxy groups -OCH3 is 2. The molecule has 1 amide bonds. The van der Waals surface area contributed by atoms with Crippen molar-refractivity contribution in [2.45, 2.75) is 6.54 Å². The zero-order valence-corrected chi connectivity index (χ0v) is 20.2. The maximum atomic E-state index is 13.3. The molecule has 0 aliphatic rings. The van der Waals surface area contributed by atoms with Gasteiger partial charge in [-0.15, -0.1) is 0 Å². The van der Waals surface area contributed by atoms with E-state index in [4.69, 9.17) is 9.47 Å². The Labute approximate surface area is 196 Å². The summed E-state index contributed by atoms with van der Waals surface area (Å²) >= 11 is 3.38. The molecule has 0 spiro atoms. The average Bonchev–Trinajstić information content (AvgIpc) is 2.76. The van der Waals surface area contributed by atoms with Gasteiger partial charge in [0.25, 0.3) is 5.91 Å². The second-order valence-electron chi connectivity index (χ2n) is 6.94. The fourth-order valence-corrected chi connectivity index (χ4v) is 4.44. The molecule has 7 nitrogen and oxygen atoms in total. The number of carbonyl (C=O) groups excluding carboxylic acids is 1. The fraction of sp³-hybridized carbons (Fsp3) is 0.174. The van der Waals surface area contributed by atoms with Crippen molar-refractivity contribution in [3.63, 3.8) is 0 Å². The normalized spacial score (nSPS) is 11.0. The molecule has 0 atom stereocenters. The molecule has 0 aromatic heterocycles. The average molecular weight is 519 g/mol. The van der Waals surface area contributed by atoms with Crippen LogP contribution in [0, 0.1) is 0 Å². The minimum atomic E-state index is -3.75. The van der Waals surface area contributed by atoms with E-state index >= 15 is 0 Å². The third-order valence-electron chi connectivity index (χ3n) is 4.67. The highest BCUT2D eigenvalue weighted by Crippen LogP contribution is 2.37. The van der Waals surface area contributed by atoms with E-state index in [1.54, 1.807) is 18.2 Å². The summed E-state index contributed by atoms with van der Waals surface area (Å²) in [5, 5.41) is 2.81. The van der Waals surface area contributed by atoms with Crippen molar-refractivity contribution in [2.24, 2.45) is 0 Å². The SMILES string of the molecule is COc1cc(C(=O)Nc2cccc(Br)c2)c(N(Cc2ccccc2)S(C)(=O)=O)cc1OC. The lowest BCUT2D eigenvalue weighted by Gasteiger charge is -2.26. The minimum absolute atomic E-state index is 0.0479. The molecule has 0 fully saturated rings. The topological polar surface area (TPSA) is 84.9 Å². The third-order valence-corrected chi connectivity index (χ3v) is 6.29. The first-order valence-corrected chi connectivity index (χ1v) is 12.2. The van der Waals surface area contributed by atoms with Crippen LogP contribution in [-0.2, 0) is 16.6 Å². The number of benzene rings is 3. The van der Waals surface area contributed by atoms with Crippen LogP contribution in [0.1, 0.15) is 15.9 Å². The number of ether oxygens (including phenoxy) is 2. The van der Waals surface area contributed by atoms with E-state index in [9.17, 15) is 13.2 Å². The van der Waals surface area contributed by atoms with Crippen LogP contribution >= 0.6 is 15.9 Å². The van der Waals surface area contributed by atoms with E-state index in [1.165, 1.54) is 30.7 Å². The van der Waals surface area contributed by atoms with Crippen molar-refractivity contribution < 1.29 is 22.7 Å². The summed E-state index contributed by atoms with van der Waals surface area (Å²) in [5.41, 5.74) is 1.63. The molecule has 0 saturated heterocycles. The number of halogens is 1. The molecule has 0 aliphatic heterocycles. The van der Waals surface area contributed by atoms with Crippen LogP contribution in [0.4, 0.5) is 11.4 Å². The van der Waals surface area contributed by atoms with Gasteiger partial charge in [0.1, 0.15) is 0 Å². The van der Waals surface area contributed by atoms with Gasteiger partial charge in [-0.05, 0) is 29.8 Å². The maximum absolute atomic E-state index is 13.3. The minimum Gasteiger partial charge on any atom is -0.493 e. The van der Waals surface area contributed by atoms with Crippen molar-refractivity contribution in [1.82, 2.24) is 0 Å². The second-order valence-corrected chi connectivity index (χ2v) is 9.77. The number of hydrogen-bond acceptors (Lipinski definition) is 5. The zero-order chi connectivity index (χ0) is 23.3. The Morgan fingerprint density at radius 3 is 2.22 bits per heavy atom. The van der Waals surface area contributed by atoms with Crippen molar-refractivity contribution in [2.75, 3.05) is 30.1 Å². The number of rotatable bonds is 8. The number of nitrogens with zero attached hydrogens (tertiary/aromatic N) is 1. The number of sulfonamides is 1. The van der Waals surface area contributed by atoms with Crippen LogP contribution in [-0.4, -0.2) is 34.8 Å². The van der Waals surface area contributed by atoms with E-state index in [-0.39, 0.29) is 17.8 Å². The molecule has 3 aromatic carbocycles. The molecule has 0 unspecified atom stereocenters. The van der Waals surface area contributed by atoms with E-state index < -0.39 is 15.9 Å². The summed E-state index contributed by atoms with van der Waals surface area (Å²) in [6.07, 6.45) is 1.10. The monoisotopic (exact) mass is 518 g/mol. The second kappa shape index (κ2) is 10.1. The molecular weight excluding hydrogens is 496 g/mol. The number of hydrogen-bond donors (Lipinski definition) is 1. The standard InChI is InChI=1S/C23H23BrN2O5S/c1-30-21-13-19(23(27)25-18-11-7-10-17(24)12-18)20(14-22(21)31-2)26(32(3,28)29)15-16-8-5-4-6-9-16/h4-14H,15H2,1-3H3,(H,25,27). The molecule has 0 heterocycles. The van der Waals surface area contributed by atoms with Gasteiger partial charge in [-0.25, -0.2) is 8.42 Å². The Morgan fingerprint density at radius 2 is 1.62 bits per heavy atom. The van der Waals surface area contributed by atoms with Gasteiger partial charge in [0.05, 0.1) is 38.3 Å². The third kappa shape index (κ3) is 5.60. The van der Waals surface area contributed by atoms with Gasteiger partial charge in [0.2, 0.25) is 10.0 Å². The lowest BCUT2D eigenvalue weighted by atomic mass is 10.1. The number of anilines is 2. The largest absolute Gasteiger partial charge is 0.493 e. The zero-order valence-electron chi connectivity index (χ0n) is 17.8. The Bertz CT molecular complexity index is 1220.